The van der Waals surface area contributed by atoms with Gasteiger partial charge in [0.25, 0.3) is 0 Å². The molecule has 0 saturated carbocycles. The first-order chi connectivity index (χ1) is 17.7. The lowest BCUT2D eigenvalue weighted by Gasteiger charge is -2.33. The van der Waals surface area contributed by atoms with Gasteiger partial charge in [0.05, 0.1) is 12.5 Å². The van der Waals surface area contributed by atoms with Crippen molar-refractivity contribution in [1.82, 2.24) is 4.90 Å². The minimum absolute atomic E-state index is 0.0594. The lowest BCUT2D eigenvalue weighted by molar-refractivity contribution is -0.134. The summed E-state index contributed by atoms with van der Waals surface area (Å²) in [6.07, 6.45) is 1.000. The number of para-hydroxylation sites is 2. The van der Waals surface area contributed by atoms with Crippen molar-refractivity contribution in [2.45, 2.75) is 32.0 Å². The molecule has 4 nitrogen and oxygen atoms in total. The fraction of sp³-hybridized carbons (Fsp3) is 0.194. The molecule has 1 aliphatic heterocycles. The first-order valence-electron chi connectivity index (χ1n) is 12.3. The summed E-state index contributed by atoms with van der Waals surface area (Å²) in [5, 5.41) is 4.23. The van der Waals surface area contributed by atoms with E-state index in [1.807, 2.05) is 77.7 Å². The monoisotopic (exact) mass is 496 g/mol. The molecule has 0 aromatic heterocycles. The highest BCUT2D eigenvalue weighted by atomic mass is 35.5. The highest BCUT2D eigenvalue weighted by Crippen LogP contribution is 2.26. The number of hydrogen-bond donors (Lipinski definition) is 1. The first-order valence-corrected chi connectivity index (χ1v) is 12.6. The summed E-state index contributed by atoms with van der Waals surface area (Å²) in [6, 6.07) is 34.0. The summed E-state index contributed by atoms with van der Waals surface area (Å²) >= 11 is 6.08. The number of nitrogens with one attached hydrogen (secondary N) is 1. The molecule has 0 radical (unpaired) electrons. The molecule has 182 valence electrons. The molecule has 36 heavy (non-hydrogen) atoms. The number of rotatable bonds is 4. The molecule has 1 N–H and O–H groups in total. The molecule has 4 aromatic rings. The van der Waals surface area contributed by atoms with E-state index >= 15 is 0 Å². The van der Waals surface area contributed by atoms with Crippen LogP contribution in [0.5, 0.6) is 5.75 Å². The van der Waals surface area contributed by atoms with Crippen molar-refractivity contribution in [2.24, 2.45) is 0 Å². The number of anilines is 1. The predicted molar refractivity (Wildman–Crippen MR) is 145 cm³/mol. The molecule has 1 heterocycles. The summed E-state index contributed by atoms with van der Waals surface area (Å²) in [6.45, 7) is 1.54. The van der Waals surface area contributed by atoms with E-state index in [1.54, 1.807) is 0 Å². The molecule has 0 fully saturated rings. The van der Waals surface area contributed by atoms with Crippen LogP contribution in [0.25, 0.3) is 0 Å². The van der Waals surface area contributed by atoms with Gasteiger partial charge in [0.2, 0.25) is 5.91 Å². The van der Waals surface area contributed by atoms with Crippen molar-refractivity contribution < 1.29 is 9.53 Å². The fourth-order valence-electron chi connectivity index (χ4n) is 4.63. The Kier molecular flexibility index (Phi) is 7.53. The number of halogens is 1. The zero-order valence-electron chi connectivity index (χ0n) is 20.1. The molecule has 0 aliphatic carbocycles. The lowest BCUT2D eigenvalue weighted by atomic mass is 10.0. The molecule has 1 aliphatic rings. The fourth-order valence-corrected chi connectivity index (χ4v) is 4.75. The van der Waals surface area contributed by atoms with Crippen LogP contribution in [0.4, 0.5) is 5.69 Å². The van der Waals surface area contributed by atoms with Crippen LogP contribution in [0.3, 0.4) is 0 Å². The van der Waals surface area contributed by atoms with Crippen LogP contribution in [-0.4, -0.2) is 23.5 Å². The second-order valence-corrected chi connectivity index (χ2v) is 9.53. The Labute approximate surface area is 217 Å². The Hall–Kier alpha value is -3.76. The van der Waals surface area contributed by atoms with Crippen LogP contribution in [0.1, 0.15) is 22.3 Å². The molecule has 1 atom stereocenters. The Morgan fingerprint density at radius 2 is 1.53 bits per heavy atom. The van der Waals surface area contributed by atoms with Gasteiger partial charge in [-0.2, -0.15) is 0 Å². The van der Waals surface area contributed by atoms with Crippen LogP contribution in [0.15, 0.2) is 103 Å². The maximum Gasteiger partial charge on any atom is 0.227 e. The predicted octanol–water partition coefficient (Wildman–Crippen LogP) is 6.53. The van der Waals surface area contributed by atoms with Gasteiger partial charge in [0, 0.05) is 29.4 Å². The topological polar surface area (TPSA) is 41.6 Å². The molecule has 5 rings (SSSR count). The number of carbonyl (C=O) groups is 1. The number of carbonyl (C=O) groups excluding carboxylic acids is 1. The van der Waals surface area contributed by atoms with E-state index in [4.69, 9.17) is 16.3 Å². The summed E-state index contributed by atoms with van der Waals surface area (Å²) in [5.74, 6) is 0.900. The molecule has 0 saturated heterocycles. The van der Waals surface area contributed by atoms with Gasteiger partial charge in [-0.25, -0.2) is 0 Å². The van der Waals surface area contributed by atoms with Crippen LogP contribution < -0.4 is 10.1 Å². The number of fused-ring (bicyclic) bond motifs is 2. The molecule has 0 bridgehead atoms. The normalized spacial score (nSPS) is 15.5. The third-order valence-corrected chi connectivity index (χ3v) is 6.83. The van der Waals surface area contributed by atoms with Crippen molar-refractivity contribution in [3.63, 3.8) is 0 Å². The lowest BCUT2D eigenvalue weighted by Crippen LogP contribution is -2.45. The third kappa shape index (κ3) is 5.89. The van der Waals surface area contributed by atoms with Crippen LogP contribution in [0, 0.1) is 0 Å². The molecule has 4 aromatic carbocycles. The summed E-state index contributed by atoms with van der Waals surface area (Å²) in [4.78, 5) is 15.9. The van der Waals surface area contributed by atoms with Crippen molar-refractivity contribution in [2.75, 3.05) is 11.9 Å². The standard InChI is InChI=1S/C31H29ClN2O2/c32-27-16-14-24(15-17-27)19-31(35)34-21-26-11-4-6-12-29(26)33-20-25-10-5-7-13-30(25)36-22-28(34)18-23-8-2-1-3-9-23/h1-17,28,33H,18-22H2/t28-/m0/s1. The molecule has 0 spiro atoms. The summed E-state index contributed by atoms with van der Waals surface area (Å²) < 4.78 is 6.40. The summed E-state index contributed by atoms with van der Waals surface area (Å²) in [7, 11) is 0. The number of amides is 1. The van der Waals surface area contributed by atoms with Crippen LogP contribution in [0.2, 0.25) is 5.02 Å². The zero-order valence-corrected chi connectivity index (χ0v) is 20.8. The van der Waals surface area contributed by atoms with Gasteiger partial charge in [-0.3, -0.25) is 4.79 Å². The van der Waals surface area contributed by atoms with E-state index in [-0.39, 0.29) is 11.9 Å². The van der Waals surface area contributed by atoms with Crippen molar-refractivity contribution in [1.29, 1.82) is 0 Å². The van der Waals surface area contributed by atoms with E-state index in [0.717, 1.165) is 28.1 Å². The second-order valence-electron chi connectivity index (χ2n) is 9.10. The maximum absolute atomic E-state index is 13.9. The highest BCUT2D eigenvalue weighted by Gasteiger charge is 2.27. The van der Waals surface area contributed by atoms with E-state index in [0.29, 0.717) is 37.6 Å². The molecule has 1 amide bonds. The Morgan fingerprint density at radius 1 is 0.833 bits per heavy atom. The smallest absolute Gasteiger partial charge is 0.227 e. The number of ether oxygens (including phenoxy) is 1. The number of benzene rings is 4. The van der Waals surface area contributed by atoms with Gasteiger partial charge < -0.3 is 15.0 Å². The Balaban J connectivity index is 1.53. The van der Waals surface area contributed by atoms with Gasteiger partial charge in [-0.05, 0) is 47.4 Å². The van der Waals surface area contributed by atoms with E-state index in [1.165, 1.54) is 5.56 Å². The van der Waals surface area contributed by atoms with Gasteiger partial charge in [-0.1, -0.05) is 90.5 Å². The van der Waals surface area contributed by atoms with E-state index < -0.39 is 0 Å². The van der Waals surface area contributed by atoms with Crippen molar-refractivity contribution in [3.05, 3.63) is 130 Å². The summed E-state index contributed by atoms with van der Waals surface area (Å²) in [5.41, 5.74) is 5.31. The molecular formula is C31H29ClN2O2. The first kappa shape index (κ1) is 24.0. The van der Waals surface area contributed by atoms with E-state index in [9.17, 15) is 4.79 Å². The second kappa shape index (κ2) is 11.3. The SMILES string of the molecule is O=C(Cc1ccc(Cl)cc1)N1Cc2ccccc2NCc2ccccc2OC[C@@H]1Cc1ccccc1. The number of hydrogen-bond acceptors (Lipinski definition) is 3. The molecule has 0 unspecified atom stereocenters. The molecule has 5 heteroatoms. The third-order valence-electron chi connectivity index (χ3n) is 6.58. The minimum Gasteiger partial charge on any atom is -0.491 e. The van der Waals surface area contributed by atoms with Gasteiger partial charge in [-0.15, -0.1) is 0 Å². The number of nitrogens with zero attached hydrogens (tertiary/aromatic N) is 1. The van der Waals surface area contributed by atoms with E-state index in [2.05, 4.69) is 35.6 Å². The Morgan fingerprint density at radius 3 is 2.33 bits per heavy atom. The highest BCUT2D eigenvalue weighted by molar-refractivity contribution is 6.30. The zero-order chi connectivity index (χ0) is 24.7. The van der Waals surface area contributed by atoms with Gasteiger partial charge in [0.15, 0.2) is 0 Å². The van der Waals surface area contributed by atoms with Crippen molar-refractivity contribution in [3.8, 4) is 5.75 Å². The largest absolute Gasteiger partial charge is 0.491 e. The van der Waals surface area contributed by atoms with Gasteiger partial charge >= 0.3 is 0 Å². The average molecular weight is 497 g/mol. The van der Waals surface area contributed by atoms with Crippen LogP contribution in [-0.2, 0) is 30.7 Å². The van der Waals surface area contributed by atoms with Crippen molar-refractivity contribution >= 4 is 23.2 Å². The maximum atomic E-state index is 13.9. The minimum atomic E-state index is -0.147. The van der Waals surface area contributed by atoms with Crippen LogP contribution >= 0.6 is 11.6 Å². The molecular weight excluding hydrogens is 468 g/mol. The quantitative estimate of drug-likeness (QED) is 0.349. The van der Waals surface area contributed by atoms with Gasteiger partial charge in [0.1, 0.15) is 12.4 Å². The Bertz CT molecular complexity index is 1310. The average Bonchev–Trinajstić information content (AvgIpc) is 2.94.